The third kappa shape index (κ3) is 2.04. The number of halogens is 1. The van der Waals surface area contributed by atoms with E-state index >= 15 is 0 Å². The van der Waals surface area contributed by atoms with Crippen molar-refractivity contribution in [1.82, 2.24) is 5.32 Å². The van der Waals surface area contributed by atoms with E-state index in [-0.39, 0.29) is 0 Å². The lowest BCUT2D eigenvalue weighted by atomic mass is 9.92. The molecule has 1 aromatic rings. The normalized spacial score (nSPS) is 17.1. The Morgan fingerprint density at radius 3 is 2.85 bits per heavy atom. The fourth-order valence-corrected chi connectivity index (χ4v) is 1.86. The maximum absolute atomic E-state index is 5.95. The van der Waals surface area contributed by atoms with Gasteiger partial charge in [0.2, 0.25) is 0 Å². The molecule has 1 heterocycles. The lowest BCUT2D eigenvalue weighted by molar-refractivity contribution is 0.346. The Bertz CT molecular complexity index is 305. The van der Waals surface area contributed by atoms with Crippen LogP contribution in [0, 0.1) is 12.8 Å². The van der Waals surface area contributed by atoms with Gasteiger partial charge in [0.1, 0.15) is 0 Å². The quantitative estimate of drug-likeness (QED) is 0.765. The van der Waals surface area contributed by atoms with Gasteiger partial charge in [-0.3, -0.25) is 0 Å². The first-order chi connectivity index (χ1) is 6.25. The number of rotatable bonds is 2. The Hall–Kier alpha value is -0.530. The van der Waals surface area contributed by atoms with Crippen molar-refractivity contribution in [2.24, 2.45) is 5.92 Å². The summed E-state index contributed by atoms with van der Waals surface area (Å²) in [5, 5.41) is 4.14. The van der Waals surface area contributed by atoms with Crippen LogP contribution in [0.3, 0.4) is 0 Å². The molecule has 70 valence electrons. The molecule has 0 spiro atoms. The zero-order chi connectivity index (χ0) is 9.26. The van der Waals surface area contributed by atoms with Crippen LogP contribution < -0.4 is 5.32 Å². The topological polar surface area (TPSA) is 12.0 Å². The molecule has 1 nitrogen and oxygen atoms in total. The molecule has 1 N–H and O–H groups in total. The second-order valence-electron chi connectivity index (χ2n) is 3.80. The first-order valence-electron chi connectivity index (χ1n) is 4.71. The molecular formula is C11H14ClN. The molecule has 1 saturated heterocycles. The van der Waals surface area contributed by atoms with Crippen molar-refractivity contribution in [3.05, 3.63) is 34.3 Å². The molecule has 2 heteroatoms. The van der Waals surface area contributed by atoms with Crippen molar-refractivity contribution in [2.75, 3.05) is 13.1 Å². The highest BCUT2D eigenvalue weighted by atomic mass is 35.5. The fourth-order valence-electron chi connectivity index (χ4n) is 1.66. The summed E-state index contributed by atoms with van der Waals surface area (Å²) in [6.07, 6.45) is 1.17. The van der Waals surface area contributed by atoms with Crippen LogP contribution in [0.2, 0.25) is 5.02 Å². The highest BCUT2D eigenvalue weighted by Gasteiger charge is 2.17. The SMILES string of the molecule is Cc1ccc(Cl)cc1CC1CNC1. The van der Waals surface area contributed by atoms with Crippen molar-refractivity contribution in [1.29, 1.82) is 0 Å². The van der Waals surface area contributed by atoms with Crippen molar-refractivity contribution in [3.8, 4) is 0 Å². The van der Waals surface area contributed by atoms with Gasteiger partial charge < -0.3 is 5.32 Å². The van der Waals surface area contributed by atoms with E-state index in [1.807, 2.05) is 6.07 Å². The van der Waals surface area contributed by atoms with Crippen LogP contribution in [-0.2, 0) is 6.42 Å². The Labute approximate surface area is 84.1 Å². The van der Waals surface area contributed by atoms with Crippen LogP contribution in [0.15, 0.2) is 18.2 Å². The lowest BCUT2D eigenvalue weighted by Crippen LogP contribution is -2.43. The summed E-state index contributed by atoms with van der Waals surface area (Å²) in [6.45, 7) is 4.47. The Morgan fingerprint density at radius 2 is 2.23 bits per heavy atom. The molecule has 1 fully saturated rings. The standard InChI is InChI=1S/C11H14ClN/c1-8-2-3-11(12)5-10(8)4-9-6-13-7-9/h2-3,5,9,13H,4,6-7H2,1H3. The Kier molecular flexibility index (Phi) is 2.56. The Morgan fingerprint density at radius 1 is 1.46 bits per heavy atom. The number of hydrogen-bond donors (Lipinski definition) is 1. The van der Waals surface area contributed by atoms with Crippen LogP contribution >= 0.6 is 11.6 Å². The zero-order valence-corrected chi connectivity index (χ0v) is 8.56. The first-order valence-corrected chi connectivity index (χ1v) is 5.09. The predicted molar refractivity (Wildman–Crippen MR) is 56.3 cm³/mol. The Balaban J connectivity index is 2.13. The summed E-state index contributed by atoms with van der Waals surface area (Å²) in [5.41, 5.74) is 2.76. The highest BCUT2D eigenvalue weighted by molar-refractivity contribution is 6.30. The first kappa shape index (κ1) is 9.04. The van der Waals surface area contributed by atoms with Gasteiger partial charge in [0.15, 0.2) is 0 Å². The van der Waals surface area contributed by atoms with Crippen LogP contribution in [-0.4, -0.2) is 13.1 Å². The molecular weight excluding hydrogens is 182 g/mol. The molecule has 0 amide bonds. The summed E-state index contributed by atoms with van der Waals surface area (Å²) in [6, 6.07) is 6.15. The molecule has 0 unspecified atom stereocenters. The van der Waals surface area contributed by atoms with Gasteiger partial charge in [-0.15, -0.1) is 0 Å². The summed E-state index contributed by atoms with van der Waals surface area (Å²) in [7, 11) is 0. The highest BCUT2D eigenvalue weighted by Crippen LogP contribution is 2.20. The predicted octanol–water partition coefficient (Wildman–Crippen LogP) is 2.41. The molecule has 0 bridgehead atoms. The van der Waals surface area contributed by atoms with E-state index in [1.54, 1.807) is 0 Å². The number of nitrogens with one attached hydrogen (secondary N) is 1. The van der Waals surface area contributed by atoms with Crippen molar-refractivity contribution in [2.45, 2.75) is 13.3 Å². The summed E-state index contributed by atoms with van der Waals surface area (Å²) < 4.78 is 0. The monoisotopic (exact) mass is 195 g/mol. The van der Waals surface area contributed by atoms with Crippen LogP contribution in [0.4, 0.5) is 0 Å². The molecule has 0 saturated carbocycles. The molecule has 0 aliphatic carbocycles. The van der Waals surface area contributed by atoms with Crippen molar-refractivity contribution >= 4 is 11.6 Å². The van der Waals surface area contributed by atoms with Gasteiger partial charge in [-0.2, -0.15) is 0 Å². The number of hydrogen-bond acceptors (Lipinski definition) is 1. The van der Waals surface area contributed by atoms with E-state index in [0.717, 1.165) is 24.0 Å². The largest absolute Gasteiger partial charge is 0.316 e. The van der Waals surface area contributed by atoms with E-state index < -0.39 is 0 Å². The van der Waals surface area contributed by atoms with Crippen LogP contribution in [0.5, 0.6) is 0 Å². The van der Waals surface area contributed by atoms with Gasteiger partial charge in [0.25, 0.3) is 0 Å². The van der Waals surface area contributed by atoms with Crippen LogP contribution in [0.1, 0.15) is 11.1 Å². The van der Waals surface area contributed by atoms with E-state index in [9.17, 15) is 0 Å². The second-order valence-corrected chi connectivity index (χ2v) is 4.24. The van der Waals surface area contributed by atoms with Gasteiger partial charge in [-0.25, -0.2) is 0 Å². The van der Waals surface area contributed by atoms with Gasteiger partial charge in [0.05, 0.1) is 0 Å². The molecule has 1 aromatic carbocycles. The van der Waals surface area contributed by atoms with E-state index in [4.69, 9.17) is 11.6 Å². The fraction of sp³-hybridized carbons (Fsp3) is 0.455. The molecule has 0 atom stereocenters. The van der Waals surface area contributed by atoms with Gasteiger partial charge >= 0.3 is 0 Å². The lowest BCUT2D eigenvalue weighted by Gasteiger charge is -2.27. The molecule has 2 rings (SSSR count). The third-order valence-corrected chi connectivity index (χ3v) is 2.92. The molecule has 1 aliphatic rings. The maximum atomic E-state index is 5.95. The molecule has 1 aliphatic heterocycles. The van der Waals surface area contributed by atoms with Gasteiger partial charge in [-0.05, 0) is 55.6 Å². The van der Waals surface area contributed by atoms with Crippen molar-refractivity contribution < 1.29 is 0 Å². The number of benzene rings is 1. The third-order valence-electron chi connectivity index (χ3n) is 2.69. The summed E-state index contributed by atoms with van der Waals surface area (Å²) >= 11 is 5.95. The molecule has 0 radical (unpaired) electrons. The number of aryl methyl sites for hydroxylation is 1. The van der Waals surface area contributed by atoms with Gasteiger partial charge in [0, 0.05) is 5.02 Å². The second kappa shape index (κ2) is 3.69. The smallest absolute Gasteiger partial charge is 0.0408 e. The van der Waals surface area contributed by atoms with E-state index in [0.29, 0.717) is 0 Å². The minimum absolute atomic E-state index is 0.817. The minimum Gasteiger partial charge on any atom is -0.316 e. The molecule has 13 heavy (non-hydrogen) atoms. The molecule has 0 aromatic heterocycles. The zero-order valence-electron chi connectivity index (χ0n) is 7.81. The van der Waals surface area contributed by atoms with Crippen LogP contribution in [0.25, 0.3) is 0 Å². The van der Waals surface area contributed by atoms with Gasteiger partial charge in [-0.1, -0.05) is 17.7 Å². The summed E-state index contributed by atoms with van der Waals surface area (Å²) in [5.74, 6) is 0.817. The average Bonchev–Trinajstić information content (AvgIpc) is 2.03. The minimum atomic E-state index is 0.817. The summed E-state index contributed by atoms with van der Waals surface area (Å²) in [4.78, 5) is 0. The van der Waals surface area contributed by atoms with E-state index in [2.05, 4.69) is 24.4 Å². The average molecular weight is 196 g/mol. The van der Waals surface area contributed by atoms with E-state index in [1.165, 1.54) is 17.5 Å². The van der Waals surface area contributed by atoms with Crippen molar-refractivity contribution in [3.63, 3.8) is 0 Å². The maximum Gasteiger partial charge on any atom is 0.0408 e.